The van der Waals surface area contributed by atoms with E-state index in [9.17, 15) is 0 Å². The van der Waals surface area contributed by atoms with Crippen molar-refractivity contribution in [1.82, 2.24) is 14.9 Å². The Labute approximate surface area is 141 Å². The summed E-state index contributed by atoms with van der Waals surface area (Å²) in [5.41, 5.74) is 8.93. The molecule has 0 fully saturated rings. The summed E-state index contributed by atoms with van der Waals surface area (Å²) in [5, 5.41) is 0. The quantitative estimate of drug-likeness (QED) is 0.892. The van der Waals surface area contributed by atoms with Gasteiger partial charge in [-0.1, -0.05) is 0 Å². The number of nitrogens with two attached hydrogens (primary N) is 1. The van der Waals surface area contributed by atoms with Crippen LogP contribution < -0.4 is 19.9 Å². The highest BCUT2D eigenvalue weighted by Crippen LogP contribution is 2.38. The standard InChI is InChI=1S/C17H22N4O3/c1-22-14-6-11(7-15(23-2)16(14)24-3)9-21-5-4-13-12(10-21)8-19-17(18)20-13/h6-8H,4-5,9-10H2,1-3H3,(H2,18,19,20). The lowest BCUT2D eigenvalue weighted by atomic mass is 10.1. The van der Waals surface area contributed by atoms with Gasteiger partial charge in [-0.05, 0) is 17.7 Å². The first-order valence-electron chi connectivity index (χ1n) is 7.76. The highest BCUT2D eigenvalue weighted by atomic mass is 16.5. The summed E-state index contributed by atoms with van der Waals surface area (Å²) in [6.07, 6.45) is 2.69. The Kier molecular flexibility index (Phi) is 4.71. The Hall–Kier alpha value is -2.54. The van der Waals surface area contributed by atoms with E-state index in [4.69, 9.17) is 19.9 Å². The van der Waals surface area contributed by atoms with Crippen molar-refractivity contribution in [3.8, 4) is 17.2 Å². The summed E-state index contributed by atoms with van der Waals surface area (Å²) in [7, 11) is 4.85. The first-order chi connectivity index (χ1) is 11.6. The van der Waals surface area contributed by atoms with Gasteiger partial charge in [-0.15, -0.1) is 0 Å². The molecule has 0 bridgehead atoms. The summed E-state index contributed by atoms with van der Waals surface area (Å²) in [4.78, 5) is 10.7. The fourth-order valence-electron chi connectivity index (χ4n) is 3.01. The molecule has 7 heteroatoms. The molecule has 2 aromatic rings. The first-order valence-corrected chi connectivity index (χ1v) is 7.76. The molecule has 0 saturated carbocycles. The third kappa shape index (κ3) is 3.21. The number of nitrogen functional groups attached to an aromatic ring is 1. The van der Waals surface area contributed by atoms with Crippen LogP contribution in [0.2, 0.25) is 0 Å². The van der Waals surface area contributed by atoms with Crippen LogP contribution in [0.3, 0.4) is 0 Å². The van der Waals surface area contributed by atoms with Crippen LogP contribution in [0, 0.1) is 0 Å². The molecule has 0 unspecified atom stereocenters. The van der Waals surface area contributed by atoms with E-state index in [1.54, 1.807) is 21.3 Å². The molecule has 0 amide bonds. The topological polar surface area (TPSA) is 82.7 Å². The molecular formula is C17H22N4O3. The number of anilines is 1. The Morgan fingerprint density at radius 2 is 1.83 bits per heavy atom. The maximum atomic E-state index is 5.66. The SMILES string of the molecule is COc1cc(CN2CCc3nc(N)ncc3C2)cc(OC)c1OC. The van der Waals surface area contributed by atoms with E-state index in [-0.39, 0.29) is 0 Å². The monoisotopic (exact) mass is 330 g/mol. The molecule has 1 aromatic heterocycles. The number of hydrogen-bond donors (Lipinski definition) is 1. The van der Waals surface area contributed by atoms with E-state index in [0.29, 0.717) is 23.2 Å². The zero-order valence-corrected chi connectivity index (χ0v) is 14.2. The van der Waals surface area contributed by atoms with Crippen molar-refractivity contribution in [1.29, 1.82) is 0 Å². The number of benzene rings is 1. The van der Waals surface area contributed by atoms with Crippen LogP contribution in [0.4, 0.5) is 5.95 Å². The first kappa shape index (κ1) is 16.3. The number of fused-ring (bicyclic) bond motifs is 1. The molecule has 2 heterocycles. The van der Waals surface area contributed by atoms with Gasteiger partial charge < -0.3 is 19.9 Å². The van der Waals surface area contributed by atoms with Crippen molar-refractivity contribution < 1.29 is 14.2 Å². The molecule has 1 aliphatic rings. The molecule has 0 atom stereocenters. The van der Waals surface area contributed by atoms with E-state index in [0.717, 1.165) is 42.9 Å². The molecule has 1 aromatic carbocycles. The van der Waals surface area contributed by atoms with Crippen molar-refractivity contribution >= 4 is 5.95 Å². The van der Waals surface area contributed by atoms with Gasteiger partial charge in [0.15, 0.2) is 11.5 Å². The Morgan fingerprint density at radius 3 is 2.46 bits per heavy atom. The lowest BCUT2D eigenvalue weighted by Crippen LogP contribution is -2.31. The minimum absolute atomic E-state index is 0.340. The molecule has 2 N–H and O–H groups in total. The number of methoxy groups -OCH3 is 3. The summed E-state index contributed by atoms with van der Waals surface area (Å²) in [6, 6.07) is 3.96. The van der Waals surface area contributed by atoms with Gasteiger partial charge in [-0.3, -0.25) is 4.90 Å². The predicted molar refractivity (Wildman–Crippen MR) is 90.4 cm³/mol. The minimum Gasteiger partial charge on any atom is -0.493 e. The maximum absolute atomic E-state index is 5.66. The molecule has 0 radical (unpaired) electrons. The van der Waals surface area contributed by atoms with Gasteiger partial charge in [-0.25, -0.2) is 9.97 Å². The highest BCUT2D eigenvalue weighted by Gasteiger charge is 2.20. The van der Waals surface area contributed by atoms with E-state index in [1.807, 2.05) is 18.3 Å². The fraction of sp³-hybridized carbons (Fsp3) is 0.412. The van der Waals surface area contributed by atoms with Crippen LogP contribution in [0.1, 0.15) is 16.8 Å². The normalized spacial score (nSPS) is 14.1. The smallest absolute Gasteiger partial charge is 0.220 e. The summed E-state index contributed by atoms with van der Waals surface area (Å²) < 4.78 is 16.2. The van der Waals surface area contributed by atoms with Crippen LogP contribution in [-0.4, -0.2) is 42.7 Å². The molecule has 3 rings (SSSR count). The Balaban J connectivity index is 1.80. The molecular weight excluding hydrogens is 308 g/mol. The third-order valence-electron chi connectivity index (χ3n) is 4.16. The van der Waals surface area contributed by atoms with Gasteiger partial charge in [0, 0.05) is 37.8 Å². The minimum atomic E-state index is 0.340. The van der Waals surface area contributed by atoms with Crippen LogP contribution in [-0.2, 0) is 19.5 Å². The maximum Gasteiger partial charge on any atom is 0.220 e. The average Bonchev–Trinajstić information content (AvgIpc) is 2.60. The van der Waals surface area contributed by atoms with Crippen LogP contribution in [0.5, 0.6) is 17.2 Å². The average molecular weight is 330 g/mol. The van der Waals surface area contributed by atoms with Crippen molar-refractivity contribution in [3.05, 3.63) is 35.2 Å². The van der Waals surface area contributed by atoms with Gasteiger partial charge in [-0.2, -0.15) is 0 Å². The van der Waals surface area contributed by atoms with Crippen molar-refractivity contribution in [3.63, 3.8) is 0 Å². The number of nitrogens with zero attached hydrogens (tertiary/aromatic N) is 3. The van der Waals surface area contributed by atoms with E-state index < -0.39 is 0 Å². The third-order valence-corrected chi connectivity index (χ3v) is 4.16. The second kappa shape index (κ2) is 6.92. The number of ether oxygens (including phenoxy) is 3. The van der Waals surface area contributed by atoms with Gasteiger partial charge in [0.05, 0.1) is 27.0 Å². The summed E-state index contributed by atoms with van der Waals surface area (Å²) >= 11 is 0. The molecule has 7 nitrogen and oxygen atoms in total. The van der Waals surface area contributed by atoms with E-state index in [2.05, 4.69) is 14.9 Å². The fourth-order valence-corrected chi connectivity index (χ4v) is 3.01. The van der Waals surface area contributed by atoms with Crippen molar-refractivity contribution in [2.75, 3.05) is 33.6 Å². The van der Waals surface area contributed by atoms with Crippen molar-refractivity contribution in [2.24, 2.45) is 0 Å². The largest absolute Gasteiger partial charge is 0.493 e. The van der Waals surface area contributed by atoms with Crippen molar-refractivity contribution in [2.45, 2.75) is 19.5 Å². The summed E-state index contributed by atoms with van der Waals surface area (Å²) in [6.45, 7) is 2.49. The van der Waals surface area contributed by atoms with E-state index in [1.165, 1.54) is 0 Å². The number of hydrogen-bond acceptors (Lipinski definition) is 7. The molecule has 24 heavy (non-hydrogen) atoms. The second-order valence-electron chi connectivity index (χ2n) is 5.69. The molecule has 0 aliphatic carbocycles. The second-order valence-corrected chi connectivity index (χ2v) is 5.69. The highest BCUT2D eigenvalue weighted by molar-refractivity contribution is 5.53. The lowest BCUT2D eigenvalue weighted by Gasteiger charge is -2.28. The predicted octanol–water partition coefficient (Wildman–Crippen LogP) is 1.64. The molecule has 0 spiro atoms. The van der Waals surface area contributed by atoms with Crippen LogP contribution in [0.25, 0.3) is 0 Å². The Morgan fingerprint density at radius 1 is 1.12 bits per heavy atom. The van der Waals surface area contributed by atoms with Gasteiger partial charge >= 0.3 is 0 Å². The van der Waals surface area contributed by atoms with E-state index >= 15 is 0 Å². The molecule has 0 saturated heterocycles. The number of aromatic nitrogens is 2. The summed E-state index contributed by atoms with van der Waals surface area (Å²) in [5.74, 6) is 2.28. The molecule has 128 valence electrons. The van der Waals surface area contributed by atoms with Crippen LogP contribution in [0.15, 0.2) is 18.3 Å². The number of rotatable bonds is 5. The molecule has 1 aliphatic heterocycles. The van der Waals surface area contributed by atoms with Gasteiger partial charge in [0.2, 0.25) is 11.7 Å². The van der Waals surface area contributed by atoms with Gasteiger partial charge in [0.1, 0.15) is 0 Å². The van der Waals surface area contributed by atoms with Crippen LogP contribution >= 0.6 is 0 Å². The van der Waals surface area contributed by atoms with Gasteiger partial charge in [0.25, 0.3) is 0 Å². The zero-order valence-electron chi connectivity index (χ0n) is 14.2. The zero-order chi connectivity index (χ0) is 17.1. The lowest BCUT2D eigenvalue weighted by molar-refractivity contribution is 0.241. The Bertz CT molecular complexity index is 711.